The van der Waals surface area contributed by atoms with Crippen LogP contribution in [0.4, 0.5) is 0 Å². The van der Waals surface area contributed by atoms with Gasteiger partial charge < -0.3 is 10.1 Å². The normalized spacial score (nSPS) is 16.3. The van der Waals surface area contributed by atoms with Crippen LogP contribution in [0.2, 0.25) is 0 Å². The average Bonchev–Trinajstić information content (AvgIpc) is 2.36. The molecule has 0 amide bonds. The summed E-state index contributed by atoms with van der Waals surface area (Å²) in [5, 5.41) is 3.80. The first-order chi connectivity index (χ1) is 8.00. The van der Waals surface area contributed by atoms with Crippen LogP contribution in [-0.2, 0) is 9.53 Å². The van der Waals surface area contributed by atoms with Gasteiger partial charge in [0, 0.05) is 5.25 Å². The van der Waals surface area contributed by atoms with Crippen molar-refractivity contribution in [3.63, 3.8) is 0 Å². The molecular formula is C13H27NO2S. The maximum Gasteiger partial charge on any atom is 0.325 e. The molecule has 0 aromatic heterocycles. The Balaban J connectivity index is 3.81. The van der Waals surface area contributed by atoms with Crippen molar-refractivity contribution in [1.29, 1.82) is 0 Å². The van der Waals surface area contributed by atoms with Gasteiger partial charge in [0.15, 0.2) is 0 Å². The Kier molecular flexibility index (Phi) is 8.70. The van der Waals surface area contributed by atoms with Crippen LogP contribution in [0.3, 0.4) is 0 Å². The second kappa shape index (κ2) is 8.81. The topological polar surface area (TPSA) is 38.3 Å². The van der Waals surface area contributed by atoms with E-state index in [9.17, 15) is 4.79 Å². The van der Waals surface area contributed by atoms with E-state index in [1.807, 2.05) is 25.7 Å². The van der Waals surface area contributed by atoms with E-state index in [-0.39, 0.29) is 5.97 Å². The molecule has 0 radical (unpaired) electrons. The summed E-state index contributed by atoms with van der Waals surface area (Å²) in [5.74, 6) is 1.00. The van der Waals surface area contributed by atoms with E-state index in [1.165, 1.54) is 19.3 Å². The highest BCUT2D eigenvalue weighted by Gasteiger charge is 2.31. The van der Waals surface area contributed by atoms with Gasteiger partial charge in [-0.25, -0.2) is 0 Å². The smallest absolute Gasteiger partial charge is 0.325 e. The van der Waals surface area contributed by atoms with Crippen LogP contribution in [0.15, 0.2) is 0 Å². The van der Waals surface area contributed by atoms with Crippen molar-refractivity contribution in [2.75, 3.05) is 19.9 Å². The zero-order chi connectivity index (χ0) is 13.3. The minimum Gasteiger partial charge on any atom is -0.468 e. The minimum absolute atomic E-state index is 0.172. The Labute approximate surface area is 110 Å². The van der Waals surface area contributed by atoms with E-state index in [2.05, 4.69) is 19.2 Å². The lowest BCUT2D eigenvalue weighted by atomic mass is 9.95. The molecule has 0 saturated heterocycles. The molecule has 17 heavy (non-hydrogen) atoms. The van der Waals surface area contributed by atoms with E-state index in [4.69, 9.17) is 4.74 Å². The fourth-order valence-electron chi connectivity index (χ4n) is 1.54. The molecule has 1 N–H and O–H groups in total. The van der Waals surface area contributed by atoms with Crippen molar-refractivity contribution in [1.82, 2.24) is 5.32 Å². The molecule has 4 heteroatoms. The zero-order valence-electron chi connectivity index (χ0n) is 11.8. The monoisotopic (exact) mass is 261 g/mol. The first kappa shape index (κ1) is 16.8. The second-order valence-corrected chi connectivity index (χ2v) is 6.17. The molecule has 0 heterocycles. The van der Waals surface area contributed by atoms with Crippen molar-refractivity contribution in [3.8, 4) is 0 Å². The van der Waals surface area contributed by atoms with Crippen LogP contribution in [0.25, 0.3) is 0 Å². The zero-order valence-corrected chi connectivity index (χ0v) is 12.7. The number of rotatable bonds is 9. The Bertz CT molecular complexity index is 223. The first-order valence-electron chi connectivity index (χ1n) is 6.39. The largest absolute Gasteiger partial charge is 0.468 e. The van der Waals surface area contributed by atoms with Crippen LogP contribution in [0, 0.1) is 0 Å². The molecule has 0 bridgehead atoms. The number of carbonyl (C=O) groups is 1. The van der Waals surface area contributed by atoms with Gasteiger partial charge in [0.05, 0.1) is 7.11 Å². The van der Waals surface area contributed by atoms with Crippen molar-refractivity contribution in [2.24, 2.45) is 0 Å². The summed E-state index contributed by atoms with van der Waals surface area (Å²) >= 11 is 2.01. The lowest BCUT2D eigenvalue weighted by Gasteiger charge is -2.26. The van der Waals surface area contributed by atoms with Crippen LogP contribution in [0.5, 0.6) is 0 Å². The number of unbranched alkanes of at least 4 members (excludes halogenated alkanes) is 1. The quantitative estimate of drug-likeness (QED) is 0.511. The van der Waals surface area contributed by atoms with Crippen molar-refractivity contribution >= 4 is 17.7 Å². The van der Waals surface area contributed by atoms with E-state index < -0.39 is 5.54 Å². The summed E-state index contributed by atoms with van der Waals surface area (Å²) in [6.45, 7) is 6.38. The van der Waals surface area contributed by atoms with Gasteiger partial charge in [-0.2, -0.15) is 11.8 Å². The summed E-state index contributed by atoms with van der Waals surface area (Å²) in [6, 6.07) is 0. The number of ether oxygens (including phenoxy) is 1. The third-order valence-corrected chi connectivity index (χ3v) is 4.66. The SMILES string of the molecule is CCC(C)SCCCCC(C)(NC)C(=O)OC. The van der Waals surface area contributed by atoms with Crippen molar-refractivity contribution in [2.45, 2.75) is 57.2 Å². The number of likely N-dealkylation sites (N-methyl/N-ethyl adjacent to an activating group) is 1. The van der Waals surface area contributed by atoms with Crippen molar-refractivity contribution < 1.29 is 9.53 Å². The molecule has 2 atom stereocenters. The van der Waals surface area contributed by atoms with Crippen molar-refractivity contribution in [3.05, 3.63) is 0 Å². The highest BCUT2D eigenvalue weighted by atomic mass is 32.2. The maximum absolute atomic E-state index is 11.6. The number of hydrogen-bond acceptors (Lipinski definition) is 4. The number of nitrogens with one attached hydrogen (secondary N) is 1. The van der Waals surface area contributed by atoms with E-state index in [1.54, 1.807) is 0 Å². The molecule has 3 nitrogen and oxygen atoms in total. The van der Waals surface area contributed by atoms with Crippen LogP contribution in [-0.4, -0.2) is 36.7 Å². The van der Waals surface area contributed by atoms with E-state index in [0.29, 0.717) is 0 Å². The summed E-state index contributed by atoms with van der Waals surface area (Å²) in [7, 11) is 3.25. The van der Waals surface area contributed by atoms with Crippen LogP contribution < -0.4 is 5.32 Å². The van der Waals surface area contributed by atoms with Gasteiger partial charge in [0.25, 0.3) is 0 Å². The Morgan fingerprint density at radius 1 is 1.47 bits per heavy atom. The number of esters is 1. The molecule has 102 valence electrons. The van der Waals surface area contributed by atoms with Crippen LogP contribution >= 0.6 is 11.8 Å². The van der Waals surface area contributed by atoms with Gasteiger partial charge in [-0.05, 0) is 39.0 Å². The summed E-state index contributed by atoms with van der Waals surface area (Å²) in [6.07, 6.45) is 4.26. The van der Waals surface area contributed by atoms with Gasteiger partial charge in [0.2, 0.25) is 0 Å². The Hall–Kier alpha value is -0.220. The molecule has 0 aromatic rings. The molecule has 0 aliphatic heterocycles. The Morgan fingerprint density at radius 3 is 2.59 bits per heavy atom. The lowest BCUT2D eigenvalue weighted by Crippen LogP contribution is -2.48. The summed E-state index contributed by atoms with van der Waals surface area (Å²) in [4.78, 5) is 11.6. The first-order valence-corrected chi connectivity index (χ1v) is 7.44. The molecule has 0 saturated carbocycles. The van der Waals surface area contributed by atoms with Crippen LogP contribution in [0.1, 0.15) is 46.5 Å². The molecule has 0 rings (SSSR count). The predicted molar refractivity (Wildman–Crippen MR) is 75.5 cm³/mol. The van der Waals surface area contributed by atoms with Gasteiger partial charge in [0.1, 0.15) is 5.54 Å². The Morgan fingerprint density at radius 2 is 2.12 bits per heavy atom. The van der Waals surface area contributed by atoms with Gasteiger partial charge in [-0.1, -0.05) is 20.3 Å². The second-order valence-electron chi connectivity index (χ2n) is 4.62. The number of carbonyl (C=O) groups excluding carboxylic acids is 1. The van der Waals surface area contributed by atoms with Gasteiger partial charge >= 0.3 is 5.97 Å². The highest BCUT2D eigenvalue weighted by Crippen LogP contribution is 2.19. The lowest BCUT2D eigenvalue weighted by molar-refractivity contribution is -0.148. The van der Waals surface area contributed by atoms with E-state index >= 15 is 0 Å². The molecule has 0 fully saturated rings. The molecule has 2 unspecified atom stereocenters. The molecule has 0 spiro atoms. The third kappa shape index (κ3) is 6.32. The summed E-state index contributed by atoms with van der Waals surface area (Å²) in [5.41, 5.74) is -0.532. The van der Waals surface area contributed by atoms with E-state index in [0.717, 1.165) is 24.5 Å². The molecular weight excluding hydrogens is 234 g/mol. The average molecular weight is 261 g/mol. The molecule has 0 aliphatic carbocycles. The highest BCUT2D eigenvalue weighted by molar-refractivity contribution is 7.99. The number of methoxy groups -OCH3 is 1. The minimum atomic E-state index is -0.532. The summed E-state index contributed by atoms with van der Waals surface area (Å²) < 4.78 is 4.81. The third-order valence-electron chi connectivity index (χ3n) is 3.24. The fourth-order valence-corrected chi connectivity index (χ4v) is 2.55. The fraction of sp³-hybridized carbons (Fsp3) is 0.923. The van der Waals surface area contributed by atoms with Gasteiger partial charge in [-0.3, -0.25) is 4.79 Å². The number of thioether (sulfide) groups is 1. The molecule has 0 aliphatic rings. The predicted octanol–water partition coefficient (Wildman–Crippen LogP) is 2.84. The number of hydrogen-bond donors (Lipinski definition) is 1. The molecule has 0 aromatic carbocycles. The maximum atomic E-state index is 11.6. The standard InChI is InChI=1S/C13H27NO2S/c1-6-11(2)17-10-8-7-9-13(3,14-4)12(15)16-5/h11,14H,6-10H2,1-5H3. The van der Waals surface area contributed by atoms with Gasteiger partial charge in [-0.15, -0.1) is 0 Å².